The van der Waals surface area contributed by atoms with Crippen LogP contribution < -0.4 is 0 Å². The number of rotatable bonds is 2. The summed E-state index contributed by atoms with van der Waals surface area (Å²) in [4.78, 5) is 4.37. The number of hydrogen-bond acceptors (Lipinski definition) is 2. The monoisotopic (exact) mass is 383 g/mol. The average molecular weight is 384 g/mol. The molecule has 0 amide bonds. The summed E-state index contributed by atoms with van der Waals surface area (Å²) in [5.41, 5.74) is 3.29. The molecule has 1 aromatic carbocycles. The van der Waals surface area contributed by atoms with Crippen LogP contribution in [-0.4, -0.2) is 14.8 Å². The van der Waals surface area contributed by atoms with E-state index >= 15 is 0 Å². The van der Waals surface area contributed by atoms with E-state index in [-0.39, 0.29) is 0 Å². The molecule has 0 N–H and O–H groups in total. The highest BCUT2D eigenvalue weighted by Crippen LogP contribution is 2.21. The Balaban J connectivity index is 2.05. The first-order valence-corrected chi connectivity index (χ1v) is 7.33. The first kappa shape index (κ1) is 12.9. The van der Waals surface area contributed by atoms with Crippen LogP contribution in [0.4, 0.5) is 0 Å². The van der Waals surface area contributed by atoms with Crippen LogP contribution in [0, 0.1) is 10.6 Å². The molecule has 0 saturated heterocycles. The topological polar surface area (TPSA) is 30.7 Å². The second-order valence-electron chi connectivity index (χ2n) is 4.44. The average Bonchev–Trinajstić information content (AvgIpc) is 2.69. The van der Waals surface area contributed by atoms with Gasteiger partial charge < -0.3 is 0 Å². The third kappa shape index (κ3) is 2.60. The third-order valence-corrected chi connectivity index (χ3v) is 3.98. The van der Waals surface area contributed by atoms with Crippen LogP contribution in [0.5, 0.6) is 0 Å². The molecule has 2 heterocycles. The summed E-state index contributed by atoms with van der Waals surface area (Å²) < 4.78 is 2.84. The van der Waals surface area contributed by atoms with E-state index in [2.05, 4.69) is 63.9 Å². The van der Waals surface area contributed by atoms with Crippen LogP contribution in [0.1, 0.15) is 11.1 Å². The van der Waals surface area contributed by atoms with Gasteiger partial charge in [0.15, 0.2) is 5.65 Å². The number of halogens is 2. The van der Waals surface area contributed by atoms with E-state index < -0.39 is 0 Å². The number of benzene rings is 1. The van der Waals surface area contributed by atoms with Gasteiger partial charge in [0.05, 0.1) is 11.9 Å². The van der Waals surface area contributed by atoms with Crippen molar-refractivity contribution in [3.63, 3.8) is 0 Å². The van der Waals surface area contributed by atoms with E-state index in [0.717, 1.165) is 14.7 Å². The smallest absolute Gasteiger partial charge is 0.160 e. The lowest BCUT2D eigenvalue weighted by Gasteiger charge is -2.03. The van der Waals surface area contributed by atoms with Crippen molar-refractivity contribution in [2.75, 3.05) is 0 Å². The Labute approximate surface area is 129 Å². The third-order valence-electron chi connectivity index (χ3n) is 2.97. The number of aryl methyl sites for hydroxylation is 1. The molecule has 0 fully saturated rings. The molecule has 3 rings (SSSR count). The van der Waals surface area contributed by atoms with E-state index in [9.17, 15) is 0 Å². The summed E-state index contributed by atoms with van der Waals surface area (Å²) in [7, 11) is 0. The van der Waals surface area contributed by atoms with Crippen molar-refractivity contribution in [3.05, 3.63) is 56.4 Å². The Hall–Kier alpha value is -1.14. The summed E-state index contributed by atoms with van der Waals surface area (Å²) in [6, 6.07) is 12.2. The summed E-state index contributed by atoms with van der Waals surface area (Å²) >= 11 is 8.19. The molecule has 96 valence electrons. The minimum absolute atomic E-state index is 0.494. The first-order chi connectivity index (χ1) is 9.13. The van der Waals surface area contributed by atoms with Crippen LogP contribution in [0.25, 0.3) is 11.0 Å². The fourth-order valence-corrected chi connectivity index (χ4v) is 2.79. The Morgan fingerprint density at radius 1 is 1.16 bits per heavy atom. The first-order valence-electron chi connectivity index (χ1n) is 5.87. The number of hydrogen-bond donors (Lipinski definition) is 0. The zero-order chi connectivity index (χ0) is 13.4. The molecule has 0 aliphatic rings. The molecule has 2 aromatic heterocycles. The van der Waals surface area contributed by atoms with Gasteiger partial charge in [-0.2, -0.15) is 5.10 Å². The lowest BCUT2D eigenvalue weighted by Crippen LogP contribution is -2.02. The van der Waals surface area contributed by atoms with E-state index in [1.54, 1.807) is 6.07 Å². The van der Waals surface area contributed by atoms with E-state index in [1.165, 1.54) is 11.1 Å². The normalized spacial score (nSPS) is 11.1. The molecule has 19 heavy (non-hydrogen) atoms. The van der Waals surface area contributed by atoms with Gasteiger partial charge in [-0.1, -0.05) is 41.4 Å². The molecule has 0 atom stereocenters. The predicted molar refractivity (Wildman–Crippen MR) is 85.5 cm³/mol. The van der Waals surface area contributed by atoms with Gasteiger partial charge in [0.25, 0.3) is 0 Å². The predicted octanol–water partition coefficient (Wildman–Crippen LogP) is 4.05. The van der Waals surface area contributed by atoms with Crippen LogP contribution in [0.15, 0.2) is 36.4 Å². The molecule has 5 heteroatoms. The Kier molecular flexibility index (Phi) is 3.45. The molecule has 0 bridgehead atoms. The maximum Gasteiger partial charge on any atom is 0.160 e. The van der Waals surface area contributed by atoms with Crippen LogP contribution in [-0.2, 0) is 6.54 Å². The van der Waals surface area contributed by atoms with E-state index in [0.29, 0.717) is 11.7 Å². The lowest BCUT2D eigenvalue weighted by atomic mass is 10.1. The number of pyridine rings is 1. The van der Waals surface area contributed by atoms with Gasteiger partial charge >= 0.3 is 0 Å². The van der Waals surface area contributed by atoms with Crippen molar-refractivity contribution in [3.8, 4) is 0 Å². The second-order valence-corrected chi connectivity index (χ2v) is 5.85. The van der Waals surface area contributed by atoms with Crippen molar-refractivity contribution in [2.24, 2.45) is 0 Å². The minimum atomic E-state index is 0.494. The van der Waals surface area contributed by atoms with Crippen molar-refractivity contribution in [2.45, 2.75) is 13.5 Å². The van der Waals surface area contributed by atoms with Gasteiger partial charge in [0, 0.05) is 0 Å². The lowest BCUT2D eigenvalue weighted by molar-refractivity contribution is 0.698. The molecule has 0 spiro atoms. The van der Waals surface area contributed by atoms with Crippen molar-refractivity contribution >= 4 is 45.2 Å². The highest BCUT2D eigenvalue weighted by molar-refractivity contribution is 14.1. The Morgan fingerprint density at radius 2 is 1.89 bits per heavy atom. The Bertz CT molecular complexity index is 734. The molecule has 0 aliphatic carbocycles. The highest BCUT2D eigenvalue weighted by atomic mass is 127. The molecule has 0 aliphatic heterocycles. The number of fused-ring (bicyclic) bond motifs is 1. The Morgan fingerprint density at radius 3 is 2.63 bits per heavy atom. The minimum Gasteiger partial charge on any atom is -0.242 e. The quantitative estimate of drug-likeness (QED) is 0.494. The maximum absolute atomic E-state index is 5.97. The van der Waals surface area contributed by atoms with Gasteiger partial charge in [-0.15, -0.1) is 0 Å². The van der Waals surface area contributed by atoms with Gasteiger partial charge in [-0.25, -0.2) is 9.67 Å². The van der Waals surface area contributed by atoms with Crippen molar-refractivity contribution < 1.29 is 0 Å². The van der Waals surface area contributed by atoms with Gasteiger partial charge in [0.2, 0.25) is 0 Å². The van der Waals surface area contributed by atoms with Gasteiger partial charge in [0.1, 0.15) is 8.85 Å². The fraction of sp³-hybridized carbons (Fsp3) is 0.143. The fourth-order valence-electron chi connectivity index (χ4n) is 1.97. The molecule has 3 nitrogen and oxygen atoms in total. The molecule has 3 aromatic rings. The second kappa shape index (κ2) is 5.09. The molecule has 0 unspecified atom stereocenters. The molecule has 0 saturated carbocycles. The summed E-state index contributed by atoms with van der Waals surface area (Å²) in [5, 5.41) is 6.06. The van der Waals surface area contributed by atoms with Crippen LogP contribution in [0.3, 0.4) is 0 Å². The van der Waals surface area contributed by atoms with Crippen LogP contribution in [0.2, 0.25) is 5.15 Å². The van der Waals surface area contributed by atoms with E-state index in [1.807, 2.05) is 10.7 Å². The molecular formula is C14H11ClIN3. The standard InChI is InChI=1S/C14H11ClIN3/c1-9-2-4-10(5-3-9)8-19-14-11(13(16)18-19)6-7-12(15)17-14/h2-7H,8H2,1H3. The maximum atomic E-state index is 5.97. The highest BCUT2D eigenvalue weighted by Gasteiger charge is 2.10. The van der Waals surface area contributed by atoms with Crippen molar-refractivity contribution in [1.82, 2.24) is 14.8 Å². The molecule has 0 radical (unpaired) electrons. The molecular weight excluding hydrogens is 373 g/mol. The van der Waals surface area contributed by atoms with Crippen LogP contribution >= 0.6 is 34.2 Å². The summed E-state index contributed by atoms with van der Waals surface area (Å²) in [6.07, 6.45) is 0. The SMILES string of the molecule is Cc1ccc(Cn2nc(I)c3ccc(Cl)nc32)cc1. The zero-order valence-corrected chi connectivity index (χ0v) is 13.2. The largest absolute Gasteiger partial charge is 0.242 e. The summed E-state index contributed by atoms with van der Waals surface area (Å²) in [5.74, 6) is 0. The van der Waals surface area contributed by atoms with Gasteiger partial charge in [-0.3, -0.25) is 0 Å². The van der Waals surface area contributed by atoms with E-state index in [4.69, 9.17) is 11.6 Å². The summed E-state index contributed by atoms with van der Waals surface area (Å²) in [6.45, 7) is 2.78. The van der Waals surface area contributed by atoms with Crippen molar-refractivity contribution in [1.29, 1.82) is 0 Å². The number of aromatic nitrogens is 3. The van der Waals surface area contributed by atoms with Gasteiger partial charge in [-0.05, 0) is 47.2 Å². The zero-order valence-electron chi connectivity index (χ0n) is 10.3. The number of nitrogens with zero attached hydrogens (tertiary/aromatic N) is 3.